The van der Waals surface area contributed by atoms with E-state index in [4.69, 9.17) is 23.4 Å². The fourth-order valence-corrected chi connectivity index (χ4v) is 4.88. The number of fused-ring (bicyclic) bond motifs is 1. The molecule has 2 saturated heterocycles. The minimum atomic E-state index is -1.96. The highest BCUT2D eigenvalue weighted by molar-refractivity contribution is 5.88. The lowest BCUT2D eigenvalue weighted by molar-refractivity contribution is -0.277. The van der Waals surface area contributed by atoms with Crippen molar-refractivity contribution in [2.75, 3.05) is 13.2 Å². The van der Waals surface area contributed by atoms with Gasteiger partial charge in [0.25, 0.3) is 0 Å². The summed E-state index contributed by atoms with van der Waals surface area (Å²) in [6.07, 6.45) is -17.5. The second kappa shape index (κ2) is 12.3. The van der Waals surface area contributed by atoms with Crippen LogP contribution in [0.25, 0.3) is 22.3 Å². The highest BCUT2D eigenvalue weighted by atomic mass is 16.7. The van der Waals surface area contributed by atoms with E-state index in [0.717, 1.165) is 24.3 Å². The van der Waals surface area contributed by atoms with E-state index in [1.54, 1.807) is 0 Å². The van der Waals surface area contributed by atoms with Gasteiger partial charge in [-0.05, 0) is 18.2 Å². The summed E-state index contributed by atoms with van der Waals surface area (Å²) in [4.78, 5) is 14.1. The molecule has 17 heteroatoms. The molecule has 10 atom stereocenters. The predicted octanol–water partition coefficient (Wildman–Crippen LogP) is -3.07. The first-order valence-electron chi connectivity index (χ1n) is 13.2. The van der Waals surface area contributed by atoms with Crippen molar-refractivity contribution in [2.45, 2.75) is 61.4 Å². The standard InChI is InChI=1S/C27H30O17/c28-6-14-17(33)20(36)22(38)26(42-14)41-13-5-9(30)4-12-16(13)19(35)25(24(40-12)8-1-2-10(31)11(32)3-8)44-27-23(39)21(37)18(34)15(7-29)43-27/h1-5,14-15,17-18,20-23,26-34,36-39H,6-7H2/t14-,15+,17+,18+,20-,21+,22-,23+,26-,27-/m1/s1. The van der Waals surface area contributed by atoms with E-state index in [2.05, 4.69) is 0 Å². The number of ether oxygens (including phenoxy) is 4. The van der Waals surface area contributed by atoms with Crippen molar-refractivity contribution in [3.05, 3.63) is 40.6 Å². The number of hydrogen-bond acceptors (Lipinski definition) is 17. The van der Waals surface area contributed by atoms with Crippen LogP contribution in [0.4, 0.5) is 0 Å². The Balaban J connectivity index is 1.66. The number of aliphatic hydroxyl groups excluding tert-OH is 8. The van der Waals surface area contributed by atoms with E-state index in [9.17, 15) is 61.0 Å². The van der Waals surface area contributed by atoms with Gasteiger partial charge in [0.2, 0.25) is 23.8 Å². The fourth-order valence-electron chi connectivity index (χ4n) is 4.88. The molecule has 2 aliphatic rings. The molecular formula is C27H30O17. The summed E-state index contributed by atoms with van der Waals surface area (Å²) < 4.78 is 27.8. The summed E-state index contributed by atoms with van der Waals surface area (Å²) in [7, 11) is 0. The van der Waals surface area contributed by atoms with Crippen molar-refractivity contribution in [3.63, 3.8) is 0 Å². The van der Waals surface area contributed by atoms with Crippen molar-refractivity contribution in [2.24, 2.45) is 0 Å². The van der Waals surface area contributed by atoms with Crippen LogP contribution in [-0.2, 0) is 9.47 Å². The molecule has 17 nitrogen and oxygen atoms in total. The summed E-state index contributed by atoms with van der Waals surface area (Å²) >= 11 is 0. The van der Waals surface area contributed by atoms with Gasteiger partial charge >= 0.3 is 0 Å². The molecule has 0 amide bonds. The molecule has 0 aliphatic carbocycles. The maximum Gasteiger partial charge on any atom is 0.239 e. The zero-order chi connectivity index (χ0) is 32.0. The van der Waals surface area contributed by atoms with Crippen LogP contribution in [0.5, 0.6) is 28.7 Å². The quantitative estimate of drug-likeness (QED) is 0.116. The lowest BCUT2D eigenvalue weighted by Crippen LogP contribution is -2.60. The van der Waals surface area contributed by atoms with Crippen molar-refractivity contribution in [1.82, 2.24) is 0 Å². The van der Waals surface area contributed by atoms with E-state index < -0.39 is 120 Å². The van der Waals surface area contributed by atoms with Gasteiger partial charge < -0.3 is 79.5 Å². The van der Waals surface area contributed by atoms with Gasteiger partial charge in [-0.25, -0.2) is 0 Å². The molecule has 0 saturated carbocycles. The zero-order valence-electron chi connectivity index (χ0n) is 22.4. The molecule has 2 aromatic carbocycles. The summed E-state index contributed by atoms with van der Waals surface area (Å²) in [6, 6.07) is 5.19. The number of phenols is 3. The molecule has 5 rings (SSSR count). The van der Waals surface area contributed by atoms with Crippen LogP contribution in [0.1, 0.15) is 0 Å². The van der Waals surface area contributed by atoms with E-state index in [1.807, 2.05) is 0 Å². The molecule has 1 aromatic heterocycles. The normalized spacial score (nSPS) is 32.5. The topological polar surface area (TPSA) is 290 Å². The van der Waals surface area contributed by atoms with Crippen LogP contribution in [0, 0.1) is 0 Å². The minimum Gasteiger partial charge on any atom is -0.508 e. The molecule has 0 spiro atoms. The van der Waals surface area contributed by atoms with Gasteiger partial charge in [-0.2, -0.15) is 0 Å². The summed E-state index contributed by atoms with van der Waals surface area (Å²) in [5.41, 5.74) is -1.51. The number of aliphatic hydroxyl groups is 8. The molecule has 2 aliphatic heterocycles. The second-order valence-electron chi connectivity index (χ2n) is 10.2. The van der Waals surface area contributed by atoms with Gasteiger partial charge in [-0.15, -0.1) is 0 Å². The Morgan fingerprint density at radius 3 is 1.80 bits per heavy atom. The summed E-state index contributed by atoms with van der Waals surface area (Å²) in [5, 5.41) is 110. The average Bonchev–Trinajstić information content (AvgIpc) is 2.99. The molecule has 0 bridgehead atoms. The Morgan fingerprint density at radius 2 is 1.25 bits per heavy atom. The number of aromatic hydroxyl groups is 3. The number of benzene rings is 2. The Kier molecular flexibility index (Phi) is 8.87. The highest BCUT2D eigenvalue weighted by Crippen LogP contribution is 2.40. The lowest BCUT2D eigenvalue weighted by atomic mass is 9.99. The molecule has 0 radical (unpaired) electrons. The molecule has 3 heterocycles. The van der Waals surface area contributed by atoms with Crippen LogP contribution in [0.3, 0.4) is 0 Å². The monoisotopic (exact) mass is 626 g/mol. The minimum absolute atomic E-state index is 0.0707. The Hall–Kier alpha value is -3.75. The van der Waals surface area contributed by atoms with Crippen LogP contribution >= 0.6 is 0 Å². The first-order chi connectivity index (χ1) is 20.9. The predicted molar refractivity (Wildman–Crippen MR) is 142 cm³/mol. The SMILES string of the molecule is O=c1c(O[C@H]2O[C@@H](CO)[C@H](O)[C@H](O)[C@@H]2O)c(-c2ccc(O)c(O)c2)oc2cc(O)cc(O[C@@H]3O[C@H](CO)[C@H](O)[C@@H](O)[C@H]3O)c12. The molecular weight excluding hydrogens is 596 g/mol. The third-order valence-electron chi connectivity index (χ3n) is 7.31. The number of hydrogen-bond donors (Lipinski definition) is 11. The van der Waals surface area contributed by atoms with E-state index in [0.29, 0.717) is 0 Å². The second-order valence-corrected chi connectivity index (χ2v) is 10.2. The largest absolute Gasteiger partial charge is 0.508 e. The van der Waals surface area contributed by atoms with Gasteiger partial charge in [0.1, 0.15) is 71.3 Å². The van der Waals surface area contributed by atoms with E-state index in [1.165, 1.54) is 6.07 Å². The van der Waals surface area contributed by atoms with Crippen LogP contribution in [-0.4, -0.2) is 131 Å². The molecule has 240 valence electrons. The Bertz CT molecular complexity index is 1550. The highest BCUT2D eigenvalue weighted by Gasteiger charge is 2.46. The Labute approximate surface area is 246 Å². The average molecular weight is 627 g/mol. The van der Waals surface area contributed by atoms with Crippen molar-refractivity contribution >= 4 is 11.0 Å². The molecule has 11 N–H and O–H groups in total. The van der Waals surface area contributed by atoms with Crippen LogP contribution < -0.4 is 14.9 Å². The van der Waals surface area contributed by atoms with Gasteiger partial charge in [-0.3, -0.25) is 4.79 Å². The van der Waals surface area contributed by atoms with Crippen LogP contribution in [0.2, 0.25) is 0 Å². The molecule has 0 unspecified atom stereocenters. The number of rotatable bonds is 7. The molecule has 44 heavy (non-hydrogen) atoms. The maximum atomic E-state index is 14.1. The smallest absolute Gasteiger partial charge is 0.239 e. The maximum absolute atomic E-state index is 14.1. The van der Waals surface area contributed by atoms with Gasteiger partial charge in [0.05, 0.1) is 13.2 Å². The van der Waals surface area contributed by atoms with Crippen molar-refractivity contribution < 1.29 is 79.5 Å². The lowest BCUT2D eigenvalue weighted by Gasteiger charge is -2.39. The first kappa shape index (κ1) is 31.7. The number of phenolic OH excluding ortho intramolecular Hbond substituents is 3. The first-order valence-corrected chi connectivity index (χ1v) is 13.2. The third-order valence-corrected chi connectivity index (χ3v) is 7.31. The summed E-state index contributed by atoms with van der Waals surface area (Å²) in [6.45, 7) is -1.60. The zero-order valence-corrected chi connectivity index (χ0v) is 22.4. The van der Waals surface area contributed by atoms with Crippen molar-refractivity contribution in [3.8, 4) is 40.1 Å². The van der Waals surface area contributed by atoms with Crippen LogP contribution in [0.15, 0.2) is 39.5 Å². The van der Waals surface area contributed by atoms with Gasteiger partial charge in [0, 0.05) is 17.7 Å². The van der Waals surface area contributed by atoms with Crippen molar-refractivity contribution in [1.29, 1.82) is 0 Å². The summed E-state index contributed by atoms with van der Waals surface area (Å²) in [5.74, 6) is -3.37. The van der Waals surface area contributed by atoms with E-state index in [-0.39, 0.29) is 11.1 Å². The van der Waals surface area contributed by atoms with Gasteiger partial charge in [0.15, 0.2) is 17.3 Å². The van der Waals surface area contributed by atoms with Gasteiger partial charge in [-0.1, -0.05) is 0 Å². The molecule has 2 fully saturated rings. The van der Waals surface area contributed by atoms with E-state index >= 15 is 0 Å². The molecule has 3 aromatic rings. The Morgan fingerprint density at radius 1 is 0.682 bits per heavy atom. The fraction of sp³-hybridized carbons (Fsp3) is 0.444. The third kappa shape index (κ3) is 5.61.